The molecule has 1 aromatic rings. The van der Waals surface area contributed by atoms with Gasteiger partial charge < -0.3 is 9.66 Å². The van der Waals surface area contributed by atoms with Crippen LogP contribution in [0.15, 0.2) is 23.1 Å². The third-order valence-corrected chi connectivity index (χ3v) is 2.42. The maximum Gasteiger partial charge on any atom is 0.124 e. The summed E-state index contributed by atoms with van der Waals surface area (Å²) >= 11 is 0. The summed E-state index contributed by atoms with van der Waals surface area (Å²) in [6, 6.07) is 3.64. The molecule has 12 heavy (non-hydrogen) atoms. The van der Waals surface area contributed by atoms with Gasteiger partial charge in [-0.05, 0) is 24.6 Å². The van der Waals surface area contributed by atoms with E-state index in [1.807, 2.05) is 0 Å². The van der Waals surface area contributed by atoms with Crippen molar-refractivity contribution in [3.05, 3.63) is 23.8 Å². The largest absolute Gasteiger partial charge is 0.744 e. The Morgan fingerprint density at radius 2 is 2.00 bits per heavy atom. The molecule has 1 aromatic carbocycles. The van der Waals surface area contributed by atoms with Gasteiger partial charge in [-0.15, -0.1) is 0 Å². The molecule has 0 aliphatic carbocycles. The molecule has 5 heteroatoms. The van der Waals surface area contributed by atoms with E-state index in [0.29, 0.717) is 5.56 Å². The monoisotopic (exact) mass is 187 g/mol. The first kappa shape index (κ1) is 9.02. The Balaban J connectivity index is 3.43. The van der Waals surface area contributed by atoms with Crippen molar-refractivity contribution >= 4 is 10.1 Å². The molecule has 4 nitrogen and oxygen atoms in total. The van der Waals surface area contributed by atoms with Gasteiger partial charge in [0.15, 0.2) is 0 Å². The number of aryl methyl sites for hydroxylation is 1. The van der Waals surface area contributed by atoms with E-state index in [-0.39, 0.29) is 10.6 Å². The van der Waals surface area contributed by atoms with Crippen molar-refractivity contribution < 1.29 is 18.1 Å². The highest BCUT2D eigenvalue weighted by Crippen LogP contribution is 2.19. The number of aromatic hydroxyl groups is 1. The van der Waals surface area contributed by atoms with Gasteiger partial charge in [0.1, 0.15) is 15.9 Å². The number of hydrogen-bond acceptors (Lipinski definition) is 4. The van der Waals surface area contributed by atoms with Gasteiger partial charge in [-0.2, -0.15) is 0 Å². The number of hydrogen-bond donors (Lipinski definition) is 1. The van der Waals surface area contributed by atoms with Gasteiger partial charge in [0, 0.05) is 0 Å². The summed E-state index contributed by atoms with van der Waals surface area (Å²) in [5.41, 5.74) is 0.336. The van der Waals surface area contributed by atoms with Crippen molar-refractivity contribution in [3.63, 3.8) is 0 Å². The lowest BCUT2D eigenvalue weighted by molar-refractivity contribution is 0.455. The summed E-state index contributed by atoms with van der Waals surface area (Å²) in [5.74, 6) is -0.227. The fourth-order valence-corrected chi connectivity index (χ4v) is 1.59. The zero-order valence-corrected chi connectivity index (χ0v) is 7.13. The lowest BCUT2D eigenvalue weighted by Gasteiger charge is -2.09. The van der Waals surface area contributed by atoms with Crippen LogP contribution in [0.5, 0.6) is 5.75 Å². The van der Waals surface area contributed by atoms with Crippen LogP contribution < -0.4 is 0 Å². The zero-order chi connectivity index (χ0) is 9.35. The highest BCUT2D eigenvalue weighted by Gasteiger charge is 2.05. The molecule has 0 atom stereocenters. The molecule has 0 unspecified atom stereocenters. The van der Waals surface area contributed by atoms with E-state index in [2.05, 4.69) is 0 Å². The molecule has 0 bridgehead atoms. The summed E-state index contributed by atoms with van der Waals surface area (Å²) < 4.78 is 31.6. The molecular weight excluding hydrogens is 180 g/mol. The Labute approximate surface area is 70.2 Å². The molecule has 1 N–H and O–H groups in total. The maximum absolute atomic E-state index is 10.5. The van der Waals surface area contributed by atoms with E-state index in [4.69, 9.17) is 5.11 Å². The predicted octanol–water partition coefficient (Wildman–Crippen LogP) is 0.605. The number of rotatable bonds is 1. The normalized spacial score (nSPS) is 11.5. The van der Waals surface area contributed by atoms with Crippen molar-refractivity contribution in [1.82, 2.24) is 0 Å². The molecule has 0 saturated heterocycles. The molecule has 0 amide bonds. The SMILES string of the molecule is Cc1ccc(O)cc1S(=O)(=O)[O-]. The summed E-state index contributed by atoms with van der Waals surface area (Å²) in [6.45, 7) is 1.49. The molecule has 66 valence electrons. The summed E-state index contributed by atoms with van der Waals surface area (Å²) in [4.78, 5) is -0.373. The molecular formula is C7H7O4S-. The third kappa shape index (κ3) is 1.75. The van der Waals surface area contributed by atoms with Crippen molar-refractivity contribution in [1.29, 1.82) is 0 Å². The van der Waals surface area contributed by atoms with E-state index in [1.165, 1.54) is 19.1 Å². The average molecular weight is 187 g/mol. The van der Waals surface area contributed by atoms with Gasteiger partial charge >= 0.3 is 0 Å². The summed E-state index contributed by atoms with van der Waals surface area (Å²) in [5, 5.41) is 8.90. The van der Waals surface area contributed by atoms with Crippen LogP contribution in [0, 0.1) is 6.92 Å². The first-order valence-electron chi connectivity index (χ1n) is 3.17. The summed E-state index contributed by atoms with van der Waals surface area (Å²) in [7, 11) is -4.47. The Bertz CT molecular complexity index is 394. The molecule has 1 rings (SSSR count). The minimum Gasteiger partial charge on any atom is -0.744 e. The summed E-state index contributed by atoms with van der Waals surface area (Å²) in [6.07, 6.45) is 0. The van der Waals surface area contributed by atoms with Crippen LogP contribution >= 0.6 is 0 Å². The van der Waals surface area contributed by atoms with Crippen molar-refractivity contribution in [2.75, 3.05) is 0 Å². The first-order chi connectivity index (χ1) is 5.41. The second-order valence-corrected chi connectivity index (χ2v) is 3.75. The Hall–Kier alpha value is -1.07. The van der Waals surface area contributed by atoms with E-state index < -0.39 is 10.1 Å². The molecule has 0 heterocycles. The maximum atomic E-state index is 10.5. The van der Waals surface area contributed by atoms with Crippen LogP contribution in [0.4, 0.5) is 0 Å². The van der Waals surface area contributed by atoms with Crippen LogP contribution in [0.2, 0.25) is 0 Å². The van der Waals surface area contributed by atoms with E-state index in [9.17, 15) is 13.0 Å². The van der Waals surface area contributed by atoms with Crippen molar-refractivity contribution in [2.24, 2.45) is 0 Å². The van der Waals surface area contributed by atoms with Crippen LogP contribution in [-0.4, -0.2) is 18.1 Å². The van der Waals surface area contributed by atoms with Gasteiger partial charge in [-0.25, -0.2) is 8.42 Å². The van der Waals surface area contributed by atoms with Crippen LogP contribution in [0.25, 0.3) is 0 Å². The van der Waals surface area contributed by atoms with Crippen LogP contribution in [0.3, 0.4) is 0 Å². The molecule has 0 fully saturated rings. The van der Waals surface area contributed by atoms with Gasteiger partial charge in [-0.3, -0.25) is 0 Å². The van der Waals surface area contributed by atoms with Crippen LogP contribution in [-0.2, 0) is 10.1 Å². The Morgan fingerprint density at radius 3 is 2.42 bits per heavy atom. The number of phenols is 1. The highest BCUT2D eigenvalue weighted by atomic mass is 32.2. The Morgan fingerprint density at radius 1 is 1.42 bits per heavy atom. The topological polar surface area (TPSA) is 77.4 Å². The average Bonchev–Trinajstić information content (AvgIpc) is 1.92. The fourth-order valence-electron chi connectivity index (χ4n) is 0.858. The highest BCUT2D eigenvalue weighted by molar-refractivity contribution is 7.85. The number of phenolic OH excluding ortho intramolecular Hbond substituents is 1. The minimum absolute atomic E-state index is 0.227. The van der Waals surface area contributed by atoms with Gasteiger partial charge in [0.05, 0.1) is 4.90 Å². The standard InChI is InChI=1S/C7H8O4S/c1-5-2-3-6(8)4-7(5)12(9,10)11/h2-4,8H,1H3,(H,9,10,11)/p-1. The van der Waals surface area contributed by atoms with Crippen LogP contribution in [0.1, 0.15) is 5.56 Å². The lowest BCUT2D eigenvalue weighted by atomic mass is 10.2. The van der Waals surface area contributed by atoms with Gasteiger partial charge in [0.25, 0.3) is 0 Å². The zero-order valence-electron chi connectivity index (χ0n) is 6.31. The van der Waals surface area contributed by atoms with E-state index >= 15 is 0 Å². The molecule has 0 spiro atoms. The smallest absolute Gasteiger partial charge is 0.124 e. The third-order valence-electron chi connectivity index (χ3n) is 1.44. The molecule has 0 aliphatic heterocycles. The molecule has 0 aromatic heterocycles. The van der Waals surface area contributed by atoms with Crippen molar-refractivity contribution in [2.45, 2.75) is 11.8 Å². The van der Waals surface area contributed by atoms with Gasteiger partial charge in [-0.1, -0.05) is 6.07 Å². The quantitative estimate of drug-likeness (QED) is 0.653. The van der Waals surface area contributed by atoms with Gasteiger partial charge in [0.2, 0.25) is 0 Å². The fraction of sp³-hybridized carbons (Fsp3) is 0.143. The van der Waals surface area contributed by atoms with Crippen molar-refractivity contribution in [3.8, 4) is 5.75 Å². The first-order valence-corrected chi connectivity index (χ1v) is 4.57. The second kappa shape index (κ2) is 2.76. The molecule has 0 saturated carbocycles. The van der Waals surface area contributed by atoms with E-state index in [1.54, 1.807) is 0 Å². The number of benzene rings is 1. The Kier molecular flexibility index (Phi) is 2.08. The minimum atomic E-state index is -4.47. The molecule has 0 aliphatic rings. The van der Waals surface area contributed by atoms with E-state index in [0.717, 1.165) is 6.07 Å². The molecule has 0 radical (unpaired) electrons. The second-order valence-electron chi connectivity index (χ2n) is 2.40. The predicted molar refractivity (Wildman–Crippen MR) is 40.8 cm³/mol. The lowest BCUT2D eigenvalue weighted by Crippen LogP contribution is -2.00.